The monoisotopic (exact) mass is 235 g/mol. The molecule has 0 saturated carbocycles. The number of nitrogens with zero attached hydrogens (tertiary/aromatic N) is 3. The summed E-state index contributed by atoms with van der Waals surface area (Å²) in [5, 5.41) is 4.62. The van der Waals surface area contributed by atoms with Crippen LogP contribution in [0.5, 0.6) is 0 Å². The molecule has 0 aliphatic rings. The van der Waals surface area contributed by atoms with E-state index in [1.807, 2.05) is 6.92 Å². The van der Waals surface area contributed by atoms with Crippen LogP contribution in [0, 0.1) is 6.92 Å². The maximum Gasteiger partial charge on any atom is 0.172 e. The molecule has 16 heavy (non-hydrogen) atoms. The summed E-state index contributed by atoms with van der Waals surface area (Å²) in [4.78, 5) is 15.4. The normalized spacial score (nSPS) is 10.4. The first-order chi connectivity index (χ1) is 7.61. The van der Waals surface area contributed by atoms with Crippen LogP contribution in [0.15, 0.2) is 24.5 Å². The Bertz CT molecular complexity index is 548. The number of pyridine rings is 1. The molecule has 2 rings (SSSR count). The number of hydrogen-bond donors (Lipinski definition) is 0. The molecule has 0 N–H and O–H groups in total. The first kappa shape index (κ1) is 10.8. The summed E-state index contributed by atoms with van der Waals surface area (Å²) in [6.45, 7) is 3.32. The predicted molar refractivity (Wildman–Crippen MR) is 61.1 cm³/mol. The molecule has 2 heterocycles. The Kier molecular flexibility index (Phi) is 2.75. The number of carbonyl (C=O) groups is 1. The Morgan fingerprint density at radius 3 is 2.81 bits per heavy atom. The molecule has 0 radical (unpaired) electrons. The minimum absolute atomic E-state index is 0.0178. The number of Topliss-reactive ketones (excluding diaryl/α,β-unsaturated/α-hetero) is 1. The molecule has 0 atom stereocenters. The largest absolute Gasteiger partial charge is 0.294 e. The molecular formula is C11H10ClN3O. The van der Waals surface area contributed by atoms with E-state index in [9.17, 15) is 4.79 Å². The molecule has 5 heteroatoms. The lowest BCUT2D eigenvalue weighted by Crippen LogP contribution is -2.03. The van der Waals surface area contributed by atoms with Crippen LogP contribution in [0.4, 0.5) is 0 Å². The molecule has 4 nitrogen and oxygen atoms in total. The Labute approximate surface area is 97.9 Å². The molecule has 0 bridgehead atoms. The van der Waals surface area contributed by atoms with E-state index in [2.05, 4.69) is 10.1 Å². The van der Waals surface area contributed by atoms with E-state index >= 15 is 0 Å². The van der Waals surface area contributed by atoms with Gasteiger partial charge in [0, 0.05) is 6.20 Å². The van der Waals surface area contributed by atoms with Crippen molar-refractivity contribution >= 4 is 17.4 Å². The minimum Gasteiger partial charge on any atom is -0.294 e. The van der Waals surface area contributed by atoms with Gasteiger partial charge in [0.1, 0.15) is 0 Å². The lowest BCUT2D eigenvalue weighted by atomic mass is 10.2. The highest BCUT2D eigenvalue weighted by molar-refractivity contribution is 6.32. The molecule has 0 spiro atoms. The van der Waals surface area contributed by atoms with Gasteiger partial charge in [-0.15, -0.1) is 0 Å². The third kappa shape index (κ3) is 1.72. The van der Waals surface area contributed by atoms with Crippen molar-refractivity contribution in [3.05, 3.63) is 40.8 Å². The molecule has 0 amide bonds. The van der Waals surface area contributed by atoms with Crippen LogP contribution in [-0.2, 0) is 0 Å². The van der Waals surface area contributed by atoms with Crippen molar-refractivity contribution in [2.45, 2.75) is 13.8 Å². The molecule has 82 valence electrons. The zero-order chi connectivity index (χ0) is 11.7. The number of aromatic nitrogens is 3. The molecule has 0 saturated heterocycles. The van der Waals surface area contributed by atoms with E-state index in [0.717, 1.165) is 5.69 Å². The maximum absolute atomic E-state index is 11.3. The average molecular weight is 236 g/mol. The third-order valence-corrected chi connectivity index (χ3v) is 2.62. The summed E-state index contributed by atoms with van der Waals surface area (Å²) in [5.74, 6) is 0.518. The van der Waals surface area contributed by atoms with E-state index in [4.69, 9.17) is 11.6 Å². The minimum atomic E-state index is -0.0178. The summed E-state index contributed by atoms with van der Waals surface area (Å²) < 4.78 is 1.57. The van der Waals surface area contributed by atoms with E-state index < -0.39 is 0 Å². The van der Waals surface area contributed by atoms with Crippen LogP contribution in [0.3, 0.4) is 0 Å². The van der Waals surface area contributed by atoms with Crippen LogP contribution >= 0.6 is 11.6 Å². The van der Waals surface area contributed by atoms with Gasteiger partial charge in [-0.25, -0.2) is 9.67 Å². The Hall–Kier alpha value is -1.68. The molecular weight excluding hydrogens is 226 g/mol. The van der Waals surface area contributed by atoms with Gasteiger partial charge in [0.15, 0.2) is 11.6 Å². The van der Waals surface area contributed by atoms with Gasteiger partial charge in [-0.05, 0) is 26.0 Å². The molecule has 0 aliphatic heterocycles. The van der Waals surface area contributed by atoms with Crippen molar-refractivity contribution in [2.24, 2.45) is 0 Å². The van der Waals surface area contributed by atoms with Crippen molar-refractivity contribution in [3.63, 3.8) is 0 Å². The molecule has 0 unspecified atom stereocenters. The van der Waals surface area contributed by atoms with Crippen molar-refractivity contribution < 1.29 is 4.79 Å². The van der Waals surface area contributed by atoms with E-state index in [0.29, 0.717) is 16.4 Å². The second-order valence-electron chi connectivity index (χ2n) is 3.42. The number of ketones is 1. The fourth-order valence-electron chi connectivity index (χ4n) is 1.50. The van der Waals surface area contributed by atoms with Gasteiger partial charge in [0.25, 0.3) is 0 Å². The van der Waals surface area contributed by atoms with Crippen LogP contribution in [0.25, 0.3) is 5.82 Å². The smallest absolute Gasteiger partial charge is 0.172 e. The van der Waals surface area contributed by atoms with E-state index in [1.54, 1.807) is 23.0 Å². The molecule has 0 aromatic carbocycles. The number of carbonyl (C=O) groups excluding carboxylic acids is 1. The Morgan fingerprint density at radius 1 is 1.50 bits per heavy atom. The highest BCUT2D eigenvalue weighted by Gasteiger charge is 2.13. The van der Waals surface area contributed by atoms with Gasteiger partial charge in [-0.2, -0.15) is 5.10 Å². The second-order valence-corrected chi connectivity index (χ2v) is 3.83. The zero-order valence-corrected chi connectivity index (χ0v) is 9.69. The first-order valence-corrected chi connectivity index (χ1v) is 5.15. The standard InChI is InChI=1S/C11H10ClN3O/c1-7-9(8(2)16)6-14-15(7)11-10(12)4-3-5-13-11/h3-6H,1-2H3. The van der Waals surface area contributed by atoms with Gasteiger partial charge in [0.2, 0.25) is 0 Å². The van der Waals surface area contributed by atoms with Gasteiger partial charge in [0.05, 0.1) is 22.5 Å². The van der Waals surface area contributed by atoms with Crippen LogP contribution in [-0.4, -0.2) is 20.5 Å². The summed E-state index contributed by atoms with van der Waals surface area (Å²) in [6.07, 6.45) is 3.17. The van der Waals surface area contributed by atoms with Gasteiger partial charge < -0.3 is 0 Å². The number of rotatable bonds is 2. The second kappa shape index (κ2) is 4.06. The van der Waals surface area contributed by atoms with Crippen LogP contribution < -0.4 is 0 Å². The Morgan fingerprint density at radius 2 is 2.25 bits per heavy atom. The lowest BCUT2D eigenvalue weighted by Gasteiger charge is -2.05. The van der Waals surface area contributed by atoms with E-state index in [-0.39, 0.29) is 5.78 Å². The summed E-state index contributed by atoms with van der Waals surface area (Å²) in [6, 6.07) is 3.48. The van der Waals surface area contributed by atoms with Crippen molar-refractivity contribution in [3.8, 4) is 5.82 Å². The fraction of sp³-hybridized carbons (Fsp3) is 0.182. The summed E-state index contributed by atoms with van der Waals surface area (Å²) in [7, 11) is 0. The maximum atomic E-state index is 11.3. The van der Waals surface area contributed by atoms with Crippen molar-refractivity contribution in [1.29, 1.82) is 0 Å². The Balaban J connectivity index is 2.58. The predicted octanol–water partition coefficient (Wildman–Crippen LogP) is 2.43. The fourth-order valence-corrected chi connectivity index (χ4v) is 1.70. The molecule has 2 aromatic rings. The number of hydrogen-bond acceptors (Lipinski definition) is 3. The average Bonchev–Trinajstić information content (AvgIpc) is 2.61. The highest BCUT2D eigenvalue weighted by atomic mass is 35.5. The summed E-state index contributed by atoms with van der Waals surface area (Å²) >= 11 is 6.01. The van der Waals surface area contributed by atoms with E-state index in [1.165, 1.54) is 13.1 Å². The number of halogens is 1. The van der Waals surface area contributed by atoms with Gasteiger partial charge in [-0.1, -0.05) is 11.6 Å². The SMILES string of the molecule is CC(=O)c1cnn(-c2ncccc2Cl)c1C. The third-order valence-electron chi connectivity index (χ3n) is 2.33. The molecule has 0 aliphatic carbocycles. The topological polar surface area (TPSA) is 47.8 Å². The van der Waals surface area contributed by atoms with Crippen molar-refractivity contribution in [1.82, 2.24) is 14.8 Å². The first-order valence-electron chi connectivity index (χ1n) is 4.77. The van der Waals surface area contributed by atoms with Crippen LogP contribution in [0.2, 0.25) is 5.02 Å². The zero-order valence-electron chi connectivity index (χ0n) is 8.94. The quantitative estimate of drug-likeness (QED) is 0.751. The van der Waals surface area contributed by atoms with Gasteiger partial charge in [-0.3, -0.25) is 4.79 Å². The molecule has 0 fully saturated rings. The molecule has 2 aromatic heterocycles. The van der Waals surface area contributed by atoms with Crippen molar-refractivity contribution in [2.75, 3.05) is 0 Å². The summed E-state index contributed by atoms with van der Waals surface area (Å²) in [5.41, 5.74) is 1.33. The highest BCUT2D eigenvalue weighted by Crippen LogP contribution is 2.19. The lowest BCUT2D eigenvalue weighted by molar-refractivity contribution is 0.101. The van der Waals surface area contributed by atoms with Gasteiger partial charge >= 0.3 is 0 Å². The van der Waals surface area contributed by atoms with Crippen LogP contribution in [0.1, 0.15) is 23.0 Å².